The van der Waals surface area contributed by atoms with E-state index in [9.17, 15) is 0 Å². The number of nitrogens with two attached hydrogens (primary N) is 1. The van der Waals surface area contributed by atoms with Crippen molar-refractivity contribution in [3.05, 3.63) is 96.4 Å². The lowest BCUT2D eigenvalue weighted by atomic mass is 9.90. The van der Waals surface area contributed by atoms with Crippen LogP contribution < -0.4 is 11.1 Å². The smallest absolute Gasteiger partial charge is 0.0547 e. The molecule has 154 valence electrons. The van der Waals surface area contributed by atoms with Gasteiger partial charge >= 0.3 is 0 Å². The third-order valence-corrected chi connectivity index (χ3v) is 4.78. The molecule has 1 atom stereocenters. The standard InChI is InChI=1S/C23H29N.C2H5N.C2H2/c1-7-10-23(24-18(5)8-2)22-12-9-11-21(19(22)6)20-14-13-16(3)17(4)15-20;1-2-3;1-2/h7,9,11-15,23-24H,1,5,8,10H2,2-4,6H3;2H,1,3H2;1-2H. The van der Waals surface area contributed by atoms with Crippen LogP contribution in [0.25, 0.3) is 11.1 Å². The van der Waals surface area contributed by atoms with Gasteiger partial charge in [0.15, 0.2) is 0 Å². The molecule has 0 saturated carbocycles. The molecule has 0 aromatic heterocycles. The van der Waals surface area contributed by atoms with Crippen LogP contribution in [-0.2, 0) is 0 Å². The molecular formula is C27H36N2. The maximum absolute atomic E-state index is 4.61. The molecular weight excluding hydrogens is 352 g/mol. The van der Waals surface area contributed by atoms with E-state index in [1.807, 2.05) is 6.08 Å². The molecule has 2 aromatic rings. The van der Waals surface area contributed by atoms with Gasteiger partial charge in [-0.3, -0.25) is 0 Å². The molecule has 0 aliphatic heterocycles. The first kappa shape index (κ1) is 25.8. The fourth-order valence-electron chi connectivity index (χ4n) is 3.03. The molecule has 1 unspecified atom stereocenters. The fraction of sp³-hybridized carbons (Fsp3) is 0.259. The quantitative estimate of drug-likeness (QED) is 0.407. The molecule has 0 saturated heterocycles. The second-order valence-corrected chi connectivity index (χ2v) is 6.73. The van der Waals surface area contributed by atoms with Crippen LogP contribution in [0.3, 0.4) is 0 Å². The number of terminal acetylenes is 1. The number of benzene rings is 2. The minimum absolute atomic E-state index is 0.224. The summed E-state index contributed by atoms with van der Waals surface area (Å²) >= 11 is 0. The Morgan fingerprint density at radius 3 is 2.24 bits per heavy atom. The van der Waals surface area contributed by atoms with Crippen LogP contribution in [0.2, 0.25) is 0 Å². The molecule has 0 aliphatic rings. The summed E-state index contributed by atoms with van der Waals surface area (Å²) < 4.78 is 0. The van der Waals surface area contributed by atoms with Crippen LogP contribution in [-0.4, -0.2) is 0 Å². The molecule has 2 rings (SSSR count). The van der Waals surface area contributed by atoms with Gasteiger partial charge in [-0.15, -0.1) is 19.4 Å². The van der Waals surface area contributed by atoms with E-state index in [4.69, 9.17) is 0 Å². The summed E-state index contributed by atoms with van der Waals surface area (Å²) in [6, 6.07) is 13.5. The average Bonchev–Trinajstić information content (AvgIpc) is 2.72. The van der Waals surface area contributed by atoms with E-state index in [1.165, 1.54) is 39.6 Å². The van der Waals surface area contributed by atoms with Crippen molar-refractivity contribution in [3.63, 3.8) is 0 Å². The van der Waals surface area contributed by atoms with E-state index < -0.39 is 0 Å². The second-order valence-electron chi connectivity index (χ2n) is 6.73. The number of hydrogen-bond donors (Lipinski definition) is 2. The molecule has 2 nitrogen and oxygen atoms in total. The highest BCUT2D eigenvalue weighted by atomic mass is 14.9. The molecule has 3 N–H and O–H groups in total. The first-order chi connectivity index (χ1) is 13.9. The van der Waals surface area contributed by atoms with Gasteiger partial charge in [-0.05, 0) is 73.2 Å². The molecule has 0 aliphatic carbocycles. The first-order valence-corrected chi connectivity index (χ1v) is 9.77. The van der Waals surface area contributed by atoms with Crippen molar-refractivity contribution in [2.75, 3.05) is 0 Å². The minimum atomic E-state index is 0.224. The Morgan fingerprint density at radius 2 is 1.72 bits per heavy atom. The highest BCUT2D eigenvalue weighted by molar-refractivity contribution is 5.70. The zero-order chi connectivity index (χ0) is 22.4. The average molecular weight is 389 g/mol. The van der Waals surface area contributed by atoms with E-state index in [-0.39, 0.29) is 6.04 Å². The van der Waals surface area contributed by atoms with Crippen LogP contribution in [0.4, 0.5) is 0 Å². The monoisotopic (exact) mass is 388 g/mol. The van der Waals surface area contributed by atoms with Crippen molar-refractivity contribution in [1.82, 2.24) is 5.32 Å². The first-order valence-electron chi connectivity index (χ1n) is 9.77. The zero-order valence-corrected chi connectivity index (χ0v) is 18.5. The molecule has 0 heterocycles. The maximum Gasteiger partial charge on any atom is 0.0547 e. The Bertz CT molecular complexity index is 828. The van der Waals surface area contributed by atoms with Crippen molar-refractivity contribution in [3.8, 4) is 24.0 Å². The number of nitrogens with one attached hydrogen (secondary N) is 1. The van der Waals surface area contributed by atoms with Gasteiger partial charge in [0.2, 0.25) is 0 Å². The predicted octanol–water partition coefficient (Wildman–Crippen LogP) is 6.75. The summed E-state index contributed by atoms with van der Waals surface area (Å²) in [5, 5.41) is 3.56. The van der Waals surface area contributed by atoms with E-state index >= 15 is 0 Å². The Balaban J connectivity index is 0.00000143. The third kappa shape index (κ3) is 7.76. The molecule has 0 spiro atoms. The van der Waals surface area contributed by atoms with Gasteiger partial charge < -0.3 is 11.1 Å². The van der Waals surface area contributed by atoms with Crippen molar-refractivity contribution in [1.29, 1.82) is 0 Å². The maximum atomic E-state index is 4.61. The zero-order valence-electron chi connectivity index (χ0n) is 18.5. The molecule has 0 fully saturated rings. The third-order valence-electron chi connectivity index (χ3n) is 4.78. The number of aryl methyl sites for hydroxylation is 2. The van der Waals surface area contributed by atoms with Crippen LogP contribution in [0.5, 0.6) is 0 Å². The summed E-state index contributed by atoms with van der Waals surface area (Å²) in [6.07, 6.45) is 13.0. The number of allylic oxidation sites excluding steroid dienone is 1. The summed E-state index contributed by atoms with van der Waals surface area (Å²) in [7, 11) is 0. The van der Waals surface area contributed by atoms with Gasteiger partial charge in [-0.1, -0.05) is 62.6 Å². The fourth-order valence-corrected chi connectivity index (χ4v) is 3.03. The van der Waals surface area contributed by atoms with E-state index in [0.29, 0.717) is 0 Å². The summed E-state index contributed by atoms with van der Waals surface area (Å²) in [4.78, 5) is 0. The van der Waals surface area contributed by atoms with Gasteiger partial charge in [-0.2, -0.15) is 0 Å². The number of rotatable bonds is 7. The molecule has 0 amide bonds. The summed E-state index contributed by atoms with van der Waals surface area (Å²) in [6.45, 7) is 19.8. The van der Waals surface area contributed by atoms with Crippen LogP contribution in [0.15, 0.2) is 74.1 Å². The topological polar surface area (TPSA) is 38.0 Å². The second kappa shape index (κ2) is 13.9. The van der Waals surface area contributed by atoms with Crippen LogP contribution >= 0.6 is 0 Å². The lowest BCUT2D eigenvalue weighted by Crippen LogP contribution is -2.20. The summed E-state index contributed by atoms with van der Waals surface area (Å²) in [5.74, 6) is 0. The van der Waals surface area contributed by atoms with Gasteiger partial charge in [-0.25, -0.2) is 0 Å². The predicted molar refractivity (Wildman–Crippen MR) is 130 cm³/mol. The van der Waals surface area contributed by atoms with Gasteiger partial charge in [0.05, 0.1) is 6.04 Å². The minimum Gasteiger partial charge on any atom is -0.405 e. The van der Waals surface area contributed by atoms with Crippen molar-refractivity contribution in [2.45, 2.75) is 46.6 Å². The van der Waals surface area contributed by atoms with Gasteiger partial charge in [0, 0.05) is 5.70 Å². The lowest BCUT2D eigenvalue weighted by molar-refractivity contribution is 0.592. The Morgan fingerprint density at radius 1 is 1.10 bits per heavy atom. The molecule has 0 bridgehead atoms. The highest BCUT2D eigenvalue weighted by Gasteiger charge is 2.15. The largest absolute Gasteiger partial charge is 0.405 e. The SMILES string of the molecule is C#C.C=CCC(NC(=C)CC)c1cccc(-c2ccc(C)c(C)c2)c1C.C=CN. The highest BCUT2D eigenvalue weighted by Crippen LogP contribution is 2.31. The van der Waals surface area contributed by atoms with Crippen LogP contribution in [0, 0.1) is 33.6 Å². The Kier molecular flexibility index (Phi) is 12.4. The number of hydrogen-bond acceptors (Lipinski definition) is 2. The molecule has 0 radical (unpaired) electrons. The van der Waals surface area contributed by atoms with E-state index in [2.05, 4.69) is 108 Å². The van der Waals surface area contributed by atoms with Crippen molar-refractivity contribution in [2.24, 2.45) is 5.73 Å². The van der Waals surface area contributed by atoms with Gasteiger partial charge in [0.25, 0.3) is 0 Å². The molecule has 2 aromatic carbocycles. The van der Waals surface area contributed by atoms with E-state index in [1.54, 1.807) is 0 Å². The van der Waals surface area contributed by atoms with Crippen LogP contribution in [0.1, 0.15) is 48.1 Å². The van der Waals surface area contributed by atoms with Crippen molar-refractivity contribution < 1.29 is 0 Å². The Hall–Kier alpha value is -3.18. The summed E-state index contributed by atoms with van der Waals surface area (Å²) in [5.41, 5.74) is 13.6. The molecule has 2 heteroatoms. The normalized spacial score (nSPS) is 10.3. The van der Waals surface area contributed by atoms with Crippen molar-refractivity contribution >= 4 is 0 Å². The Labute approximate surface area is 178 Å². The lowest BCUT2D eigenvalue weighted by Gasteiger charge is -2.23. The molecule has 29 heavy (non-hydrogen) atoms. The van der Waals surface area contributed by atoms with E-state index in [0.717, 1.165) is 18.5 Å². The van der Waals surface area contributed by atoms with Gasteiger partial charge in [0.1, 0.15) is 0 Å².